The lowest BCUT2D eigenvalue weighted by Crippen LogP contribution is -2.21. The first-order chi connectivity index (χ1) is 14.8. The Kier molecular flexibility index (Phi) is 5.66. The third-order valence-electron chi connectivity index (χ3n) is 5.52. The largest absolute Gasteiger partial charge is 0.493 e. The van der Waals surface area contributed by atoms with Gasteiger partial charge in [-0.05, 0) is 48.7 Å². The predicted molar refractivity (Wildman–Crippen MR) is 116 cm³/mol. The van der Waals surface area contributed by atoms with E-state index in [1.807, 2.05) is 32.0 Å². The van der Waals surface area contributed by atoms with Crippen molar-refractivity contribution in [3.05, 3.63) is 63.3 Å². The summed E-state index contributed by atoms with van der Waals surface area (Å²) in [6.07, 6.45) is 1.65. The van der Waals surface area contributed by atoms with Crippen LogP contribution in [0.25, 0.3) is 21.2 Å². The van der Waals surface area contributed by atoms with Gasteiger partial charge in [0.05, 0.1) is 11.5 Å². The van der Waals surface area contributed by atoms with Crippen molar-refractivity contribution in [2.24, 2.45) is 11.3 Å². The van der Waals surface area contributed by atoms with Crippen molar-refractivity contribution >= 4 is 27.2 Å². The van der Waals surface area contributed by atoms with Crippen molar-refractivity contribution in [3.8, 4) is 16.9 Å². The molecule has 0 bridgehead atoms. The second kappa shape index (κ2) is 8.26. The molecule has 8 heteroatoms. The molecule has 162 valence electrons. The van der Waals surface area contributed by atoms with Crippen molar-refractivity contribution in [3.63, 3.8) is 0 Å². The number of thiophene rings is 1. The Bertz CT molecular complexity index is 1130. The van der Waals surface area contributed by atoms with Gasteiger partial charge in [-0.2, -0.15) is 0 Å². The molecule has 1 aliphatic carbocycles. The second-order valence-corrected chi connectivity index (χ2v) is 9.33. The van der Waals surface area contributed by atoms with Gasteiger partial charge in [-0.15, -0.1) is 21.5 Å². The van der Waals surface area contributed by atoms with Crippen LogP contribution in [0.4, 0.5) is 4.39 Å². The molecule has 1 heterocycles. The van der Waals surface area contributed by atoms with Gasteiger partial charge >= 0.3 is 0 Å². The highest BCUT2D eigenvalue weighted by atomic mass is 32.1. The Morgan fingerprint density at radius 3 is 2.52 bits per heavy atom. The number of halogens is 1. The minimum absolute atomic E-state index is 0.0308. The molecule has 1 aromatic heterocycles. The predicted octanol–water partition coefficient (Wildman–Crippen LogP) is 5.91. The van der Waals surface area contributed by atoms with Gasteiger partial charge in [-0.3, -0.25) is 4.79 Å². The lowest BCUT2D eigenvalue weighted by atomic mass is 9.97. The summed E-state index contributed by atoms with van der Waals surface area (Å²) in [7, 11) is 0. The topological polar surface area (TPSA) is 78.7 Å². The van der Waals surface area contributed by atoms with E-state index >= 15 is 0 Å². The van der Waals surface area contributed by atoms with Crippen LogP contribution in [-0.2, 0) is 4.84 Å². The first-order valence-electron chi connectivity index (χ1n) is 10.0. The summed E-state index contributed by atoms with van der Waals surface area (Å²) in [6.45, 7) is 4.08. The van der Waals surface area contributed by atoms with E-state index in [0.29, 0.717) is 17.2 Å². The number of hydrogen-bond donors (Lipinski definition) is 0. The highest BCUT2D eigenvalue weighted by molar-refractivity contribution is 7.21. The Morgan fingerprint density at radius 2 is 1.90 bits per heavy atom. The normalized spacial score (nSPS) is 14.6. The van der Waals surface area contributed by atoms with Gasteiger partial charge in [0.15, 0.2) is 5.78 Å². The summed E-state index contributed by atoms with van der Waals surface area (Å²) in [6, 6.07) is 11.8. The van der Waals surface area contributed by atoms with Crippen LogP contribution >= 0.6 is 11.3 Å². The zero-order valence-electron chi connectivity index (χ0n) is 17.2. The van der Waals surface area contributed by atoms with Crippen LogP contribution in [0.15, 0.2) is 42.5 Å². The van der Waals surface area contributed by atoms with Crippen molar-refractivity contribution in [1.82, 2.24) is 0 Å². The number of ketones is 1. The fraction of sp³-hybridized carbons (Fsp3) is 0.348. The van der Waals surface area contributed by atoms with E-state index in [0.717, 1.165) is 34.1 Å². The number of hydrogen-bond acceptors (Lipinski definition) is 6. The van der Waals surface area contributed by atoms with Crippen molar-refractivity contribution in [2.75, 3.05) is 13.2 Å². The third-order valence-corrected chi connectivity index (χ3v) is 6.69. The zero-order valence-corrected chi connectivity index (χ0v) is 18.0. The molecule has 0 radical (unpaired) electrons. The van der Waals surface area contributed by atoms with E-state index in [1.165, 1.54) is 23.5 Å². The van der Waals surface area contributed by atoms with Crippen LogP contribution in [0.1, 0.15) is 36.4 Å². The Morgan fingerprint density at radius 1 is 1.19 bits per heavy atom. The SMILES string of the molecule is CC(C)C(=O)c1sc2cc(OCC3(CO[N+](=O)[O-])CC3)ccc2c1-c1ccc(F)cc1. The molecule has 0 spiro atoms. The lowest BCUT2D eigenvalue weighted by Gasteiger charge is -2.15. The maximum Gasteiger partial charge on any atom is 0.294 e. The van der Waals surface area contributed by atoms with E-state index in [9.17, 15) is 19.3 Å². The average Bonchev–Trinajstić information content (AvgIpc) is 3.42. The molecule has 0 N–H and O–H groups in total. The molecule has 0 aliphatic heterocycles. The lowest BCUT2D eigenvalue weighted by molar-refractivity contribution is -0.760. The van der Waals surface area contributed by atoms with Crippen LogP contribution in [0.2, 0.25) is 0 Å². The highest BCUT2D eigenvalue weighted by Crippen LogP contribution is 2.47. The molecular formula is C23H22FNO5S. The molecule has 31 heavy (non-hydrogen) atoms. The fourth-order valence-corrected chi connectivity index (χ4v) is 4.78. The number of Topliss-reactive ketones (excluding diaryl/α,β-unsaturated/α-hetero) is 1. The molecule has 0 atom stereocenters. The quantitative estimate of drug-likeness (QED) is 0.233. The molecule has 1 saturated carbocycles. The summed E-state index contributed by atoms with van der Waals surface area (Å²) in [4.78, 5) is 28.5. The summed E-state index contributed by atoms with van der Waals surface area (Å²) in [5.74, 6) is 0.178. The van der Waals surface area contributed by atoms with Crippen LogP contribution in [0, 0.1) is 27.3 Å². The van der Waals surface area contributed by atoms with Crippen LogP contribution in [0.5, 0.6) is 5.75 Å². The molecule has 3 aromatic rings. The summed E-state index contributed by atoms with van der Waals surface area (Å²) < 4.78 is 20.3. The number of rotatable bonds is 9. The first-order valence-corrected chi connectivity index (χ1v) is 10.9. The number of fused-ring (bicyclic) bond motifs is 1. The minimum atomic E-state index is -0.776. The molecule has 0 amide bonds. The monoisotopic (exact) mass is 443 g/mol. The van der Waals surface area contributed by atoms with Gasteiger partial charge < -0.3 is 9.57 Å². The number of carbonyl (C=O) groups is 1. The van der Waals surface area contributed by atoms with Gasteiger partial charge in [0.25, 0.3) is 5.09 Å². The van der Waals surface area contributed by atoms with Gasteiger partial charge in [0.2, 0.25) is 0 Å². The molecule has 1 aliphatic rings. The second-order valence-electron chi connectivity index (χ2n) is 8.28. The van der Waals surface area contributed by atoms with E-state index in [2.05, 4.69) is 4.84 Å². The number of benzene rings is 2. The standard InChI is InChI=1S/C23H22FNO5S/c1-14(2)21(26)22-20(15-3-5-16(24)6-4-15)18-8-7-17(11-19(18)31-22)29-12-23(9-10-23)13-30-25(27)28/h3-8,11,14H,9-10,12-13H2,1-2H3. The first kappa shape index (κ1) is 21.2. The third kappa shape index (κ3) is 4.54. The van der Waals surface area contributed by atoms with Crippen LogP contribution in [0.3, 0.4) is 0 Å². The molecule has 1 fully saturated rings. The Balaban J connectivity index is 1.64. The van der Waals surface area contributed by atoms with Crippen molar-refractivity contribution < 1.29 is 23.8 Å². The van der Waals surface area contributed by atoms with E-state index in [4.69, 9.17) is 4.74 Å². The van der Waals surface area contributed by atoms with Gasteiger partial charge in [-0.1, -0.05) is 26.0 Å². The summed E-state index contributed by atoms with van der Waals surface area (Å²) in [5.41, 5.74) is 1.29. The molecule has 0 saturated heterocycles. The maximum atomic E-state index is 13.4. The minimum Gasteiger partial charge on any atom is -0.493 e. The zero-order chi connectivity index (χ0) is 22.2. The summed E-state index contributed by atoms with van der Waals surface area (Å²) in [5, 5.41) is 10.6. The molecule has 2 aromatic carbocycles. The van der Waals surface area contributed by atoms with Gasteiger partial charge in [0.1, 0.15) is 18.2 Å². The maximum absolute atomic E-state index is 13.4. The fourth-order valence-electron chi connectivity index (χ4n) is 3.44. The van der Waals surface area contributed by atoms with Gasteiger partial charge in [-0.25, -0.2) is 4.39 Å². The molecular weight excluding hydrogens is 421 g/mol. The van der Waals surface area contributed by atoms with E-state index in [-0.39, 0.29) is 29.5 Å². The summed E-state index contributed by atoms with van der Waals surface area (Å²) >= 11 is 1.40. The smallest absolute Gasteiger partial charge is 0.294 e. The van der Waals surface area contributed by atoms with E-state index < -0.39 is 5.09 Å². The molecule has 0 unspecified atom stereocenters. The van der Waals surface area contributed by atoms with Crippen molar-refractivity contribution in [1.29, 1.82) is 0 Å². The van der Waals surface area contributed by atoms with Gasteiger partial charge in [0, 0.05) is 27.0 Å². The number of ether oxygens (including phenoxy) is 1. The number of carbonyl (C=O) groups excluding carboxylic acids is 1. The van der Waals surface area contributed by atoms with E-state index in [1.54, 1.807) is 12.1 Å². The van der Waals surface area contributed by atoms with Crippen LogP contribution < -0.4 is 4.74 Å². The average molecular weight is 443 g/mol. The number of nitrogens with zero attached hydrogens (tertiary/aromatic N) is 1. The highest BCUT2D eigenvalue weighted by Gasteiger charge is 2.44. The Labute approximate surface area is 182 Å². The van der Waals surface area contributed by atoms with Crippen molar-refractivity contribution in [2.45, 2.75) is 26.7 Å². The Hall–Kier alpha value is -3.00. The molecule has 6 nitrogen and oxygen atoms in total. The van der Waals surface area contributed by atoms with Crippen LogP contribution in [-0.4, -0.2) is 24.1 Å². The molecule has 4 rings (SSSR count).